The number of imidazole rings is 1. The zero-order chi connectivity index (χ0) is 24.8. The van der Waals surface area contributed by atoms with E-state index < -0.39 is 0 Å². The summed E-state index contributed by atoms with van der Waals surface area (Å²) in [5, 5.41) is 4.33. The average molecular weight is 510 g/mol. The lowest BCUT2D eigenvalue weighted by molar-refractivity contribution is -0.120. The SMILES string of the molecule is CNC(=O)CCCCCCCCCCCCCCCn1c(C)nc2nc(Cl)nc(SC(C)C)c21. The normalized spacial score (nSPS) is 11.6. The molecule has 1 N–H and O–H groups in total. The number of carbonyl (C=O) groups is 1. The molecular formula is C26H44ClN5OS. The maximum atomic E-state index is 11.2. The lowest BCUT2D eigenvalue weighted by atomic mass is 10.0. The molecule has 6 nitrogen and oxygen atoms in total. The van der Waals surface area contributed by atoms with Gasteiger partial charge in [-0.25, -0.2) is 9.97 Å². The van der Waals surface area contributed by atoms with Gasteiger partial charge in [-0.2, -0.15) is 4.98 Å². The fourth-order valence-electron chi connectivity index (χ4n) is 4.29. The first-order valence-corrected chi connectivity index (χ1v) is 14.5. The standard InChI is InChI=1S/C26H44ClN5OS/c1-20(2)34-25-23-24(30-26(27)31-25)29-21(3)32(23)19-17-15-13-11-9-7-5-6-8-10-12-14-16-18-22(33)28-4/h20H,5-19H2,1-4H3,(H,28,33). The largest absolute Gasteiger partial charge is 0.359 e. The van der Waals surface area contributed by atoms with Crippen LogP contribution < -0.4 is 5.32 Å². The maximum Gasteiger partial charge on any atom is 0.225 e. The second-order valence-electron chi connectivity index (χ2n) is 9.47. The highest BCUT2D eigenvalue weighted by Crippen LogP contribution is 2.30. The number of hydrogen-bond acceptors (Lipinski definition) is 5. The van der Waals surface area contributed by atoms with Crippen LogP contribution in [-0.2, 0) is 11.3 Å². The first kappa shape index (κ1) is 28.9. The van der Waals surface area contributed by atoms with Gasteiger partial charge in [-0.3, -0.25) is 4.79 Å². The number of unbranched alkanes of at least 4 members (excludes halogenated alkanes) is 12. The summed E-state index contributed by atoms with van der Waals surface area (Å²) in [6, 6.07) is 0. The van der Waals surface area contributed by atoms with Crippen LogP contribution in [0.2, 0.25) is 5.28 Å². The van der Waals surface area contributed by atoms with Crippen molar-refractivity contribution < 1.29 is 4.79 Å². The molecule has 2 aromatic rings. The van der Waals surface area contributed by atoms with Crippen LogP contribution in [0.25, 0.3) is 11.2 Å². The number of fused-ring (bicyclic) bond motifs is 1. The van der Waals surface area contributed by atoms with Crippen LogP contribution >= 0.6 is 23.4 Å². The van der Waals surface area contributed by atoms with Crippen LogP contribution in [0, 0.1) is 6.92 Å². The Balaban J connectivity index is 1.55. The zero-order valence-corrected chi connectivity index (χ0v) is 23.2. The van der Waals surface area contributed by atoms with Gasteiger partial charge >= 0.3 is 0 Å². The third-order valence-electron chi connectivity index (χ3n) is 6.15. The summed E-state index contributed by atoms with van der Waals surface area (Å²) in [5.74, 6) is 1.16. The molecule has 0 atom stereocenters. The molecule has 0 aliphatic rings. The first-order valence-electron chi connectivity index (χ1n) is 13.2. The van der Waals surface area contributed by atoms with E-state index in [4.69, 9.17) is 11.6 Å². The van der Waals surface area contributed by atoms with E-state index in [1.54, 1.807) is 18.8 Å². The summed E-state index contributed by atoms with van der Waals surface area (Å²) in [6.07, 6.45) is 17.2. The number of nitrogens with one attached hydrogen (secondary N) is 1. The quantitative estimate of drug-likeness (QED) is 0.0974. The fourth-order valence-corrected chi connectivity index (χ4v) is 5.40. The van der Waals surface area contributed by atoms with E-state index in [0.717, 1.165) is 35.8 Å². The number of halogens is 1. The van der Waals surface area contributed by atoms with Crippen LogP contribution in [0.4, 0.5) is 0 Å². The molecule has 0 aromatic carbocycles. The molecule has 1 amide bonds. The highest BCUT2D eigenvalue weighted by Gasteiger charge is 2.17. The topological polar surface area (TPSA) is 72.7 Å². The Bertz CT molecular complexity index is 870. The Morgan fingerprint density at radius 2 is 1.41 bits per heavy atom. The molecule has 0 saturated carbocycles. The van der Waals surface area contributed by atoms with E-state index in [9.17, 15) is 4.79 Å². The predicted octanol–water partition coefficient (Wildman–Crippen LogP) is 7.50. The van der Waals surface area contributed by atoms with Crippen molar-refractivity contribution in [3.63, 3.8) is 0 Å². The number of rotatable bonds is 18. The molecular weight excluding hydrogens is 466 g/mol. The van der Waals surface area contributed by atoms with Crippen molar-refractivity contribution in [3.05, 3.63) is 11.1 Å². The lowest BCUT2D eigenvalue weighted by Crippen LogP contribution is -2.16. The number of carbonyl (C=O) groups excluding carboxylic acids is 1. The van der Waals surface area contributed by atoms with Gasteiger partial charge in [0.1, 0.15) is 16.4 Å². The Hall–Kier alpha value is -1.34. The fraction of sp³-hybridized carbons (Fsp3) is 0.769. The summed E-state index contributed by atoms with van der Waals surface area (Å²) in [7, 11) is 1.71. The Kier molecular flexibility index (Phi) is 13.9. The Morgan fingerprint density at radius 3 is 1.94 bits per heavy atom. The van der Waals surface area contributed by atoms with Crippen LogP contribution in [-0.4, -0.2) is 37.7 Å². The minimum absolute atomic E-state index is 0.167. The zero-order valence-electron chi connectivity index (χ0n) is 21.7. The molecule has 0 spiro atoms. The molecule has 8 heteroatoms. The van der Waals surface area contributed by atoms with Gasteiger partial charge in [0.05, 0.1) is 0 Å². The van der Waals surface area contributed by atoms with E-state index in [1.165, 1.54) is 70.6 Å². The minimum atomic E-state index is 0.167. The maximum absolute atomic E-state index is 11.2. The lowest BCUT2D eigenvalue weighted by Gasteiger charge is -2.11. The van der Waals surface area contributed by atoms with Crippen molar-refractivity contribution in [1.29, 1.82) is 0 Å². The highest BCUT2D eigenvalue weighted by atomic mass is 35.5. The number of thioether (sulfide) groups is 1. The molecule has 34 heavy (non-hydrogen) atoms. The van der Waals surface area contributed by atoms with Crippen LogP contribution in [0.1, 0.15) is 110 Å². The molecule has 2 aromatic heterocycles. The van der Waals surface area contributed by atoms with Crippen LogP contribution in [0.5, 0.6) is 0 Å². The van der Waals surface area contributed by atoms with E-state index in [0.29, 0.717) is 17.3 Å². The first-order chi connectivity index (χ1) is 16.4. The summed E-state index contributed by atoms with van der Waals surface area (Å²) in [6.45, 7) is 7.34. The third-order valence-corrected chi connectivity index (χ3v) is 7.29. The molecule has 0 radical (unpaired) electrons. The van der Waals surface area contributed by atoms with Gasteiger partial charge in [0.15, 0.2) is 5.65 Å². The van der Waals surface area contributed by atoms with E-state index >= 15 is 0 Å². The van der Waals surface area contributed by atoms with Crippen LogP contribution in [0.15, 0.2) is 5.03 Å². The summed E-state index contributed by atoms with van der Waals surface area (Å²) in [4.78, 5) is 24.6. The van der Waals surface area contributed by atoms with Crippen molar-refractivity contribution in [3.8, 4) is 0 Å². The minimum Gasteiger partial charge on any atom is -0.359 e. The Labute approximate surface area is 215 Å². The van der Waals surface area contributed by atoms with Crippen molar-refractivity contribution in [2.24, 2.45) is 0 Å². The Morgan fingerprint density at radius 1 is 0.882 bits per heavy atom. The molecule has 2 rings (SSSR count). The second kappa shape index (κ2) is 16.4. The van der Waals surface area contributed by atoms with Gasteiger partial charge in [0, 0.05) is 25.3 Å². The van der Waals surface area contributed by atoms with Crippen molar-refractivity contribution >= 4 is 40.4 Å². The second-order valence-corrected chi connectivity index (χ2v) is 11.4. The molecule has 0 aliphatic heterocycles. The summed E-state index contributed by atoms with van der Waals surface area (Å²) < 4.78 is 2.27. The number of nitrogens with zero attached hydrogens (tertiary/aromatic N) is 4. The number of aryl methyl sites for hydroxylation is 2. The predicted molar refractivity (Wildman–Crippen MR) is 145 cm³/mol. The number of hydrogen-bond donors (Lipinski definition) is 1. The molecule has 0 unspecified atom stereocenters. The van der Waals surface area contributed by atoms with Gasteiger partial charge in [0.2, 0.25) is 11.2 Å². The van der Waals surface area contributed by atoms with E-state index in [2.05, 4.69) is 38.7 Å². The van der Waals surface area contributed by atoms with Crippen molar-refractivity contribution in [2.75, 3.05) is 7.05 Å². The average Bonchev–Trinajstić information content (AvgIpc) is 3.10. The molecule has 0 fully saturated rings. The van der Waals surface area contributed by atoms with E-state index in [1.807, 2.05) is 6.92 Å². The van der Waals surface area contributed by atoms with Gasteiger partial charge in [0.25, 0.3) is 0 Å². The molecule has 192 valence electrons. The van der Waals surface area contributed by atoms with E-state index in [-0.39, 0.29) is 11.2 Å². The van der Waals surface area contributed by atoms with Gasteiger partial charge in [-0.1, -0.05) is 84.5 Å². The summed E-state index contributed by atoms with van der Waals surface area (Å²) in [5.41, 5.74) is 1.75. The monoisotopic (exact) mass is 509 g/mol. The van der Waals surface area contributed by atoms with Crippen molar-refractivity contribution in [2.45, 2.75) is 127 Å². The van der Waals surface area contributed by atoms with Crippen molar-refractivity contribution in [1.82, 2.24) is 24.8 Å². The highest BCUT2D eigenvalue weighted by molar-refractivity contribution is 8.00. The molecule has 0 saturated heterocycles. The van der Waals surface area contributed by atoms with Gasteiger partial charge in [-0.15, -0.1) is 11.8 Å². The smallest absolute Gasteiger partial charge is 0.225 e. The molecule has 0 aliphatic carbocycles. The number of amides is 1. The molecule has 2 heterocycles. The van der Waals surface area contributed by atoms with Crippen LogP contribution in [0.3, 0.4) is 0 Å². The summed E-state index contributed by atoms with van der Waals surface area (Å²) >= 11 is 7.85. The third kappa shape index (κ3) is 10.5. The van der Waals surface area contributed by atoms with Gasteiger partial charge < -0.3 is 9.88 Å². The molecule has 0 bridgehead atoms. The number of aromatic nitrogens is 4. The van der Waals surface area contributed by atoms with Gasteiger partial charge in [-0.05, 0) is 31.4 Å².